The van der Waals surface area contributed by atoms with Crippen LogP contribution < -0.4 is 10.6 Å². The van der Waals surface area contributed by atoms with Gasteiger partial charge in [-0.15, -0.1) is 0 Å². The van der Waals surface area contributed by atoms with E-state index in [9.17, 15) is 27.6 Å². The maximum absolute atomic E-state index is 13.4. The maximum Gasteiger partial charge on any atom is 0.416 e. The van der Waals surface area contributed by atoms with Crippen molar-refractivity contribution in [3.63, 3.8) is 0 Å². The Labute approximate surface area is 191 Å². The first-order chi connectivity index (χ1) is 14.7. The van der Waals surface area contributed by atoms with Crippen molar-refractivity contribution in [2.24, 2.45) is 0 Å². The van der Waals surface area contributed by atoms with Crippen molar-refractivity contribution in [3.8, 4) is 0 Å². The number of carbonyl (C=O) groups excluding carboxylic acids is 3. The molecule has 0 aromatic heterocycles. The van der Waals surface area contributed by atoms with Gasteiger partial charge in [0.05, 0.1) is 23.4 Å². The fourth-order valence-electron chi connectivity index (χ4n) is 2.74. The van der Waals surface area contributed by atoms with Gasteiger partial charge in [0, 0.05) is 10.0 Å². The van der Waals surface area contributed by atoms with Gasteiger partial charge in [0.25, 0.3) is 0 Å². The number of amides is 2. The molecule has 0 aliphatic heterocycles. The Morgan fingerprint density at radius 1 is 1.00 bits per heavy atom. The van der Waals surface area contributed by atoms with Crippen LogP contribution in [-0.4, -0.2) is 23.4 Å². The lowest BCUT2D eigenvalue weighted by molar-refractivity contribution is -0.138. The highest BCUT2D eigenvalue weighted by Gasteiger charge is 2.34. The van der Waals surface area contributed by atoms with Crippen LogP contribution in [0.25, 0.3) is 0 Å². The smallest absolute Gasteiger partial charge is 0.416 e. The Hall–Kier alpha value is -2.88. The van der Waals surface area contributed by atoms with E-state index < -0.39 is 41.5 Å². The number of aryl methyl sites for hydroxylation is 1. The molecule has 0 saturated carbocycles. The number of anilines is 2. The number of hydrogen-bond donors (Lipinski definition) is 2. The minimum absolute atomic E-state index is 0.0898. The van der Waals surface area contributed by atoms with Crippen molar-refractivity contribution >= 4 is 45.1 Å². The van der Waals surface area contributed by atoms with Crippen molar-refractivity contribution in [1.82, 2.24) is 0 Å². The second kappa shape index (κ2) is 9.72. The molecule has 2 rings (SSSR count). The number of benzene rings is 2. The molecule has 0 bridgehead atoms. The fourth-order valence-corrected chi connectivity index (χ4v) is 3.14. The normalized spacial score (nSPS) is 11.6. The predicted molar refractivity (Wildman–Crippen MR) is 118 cm³/mol. The summed E-state index contributed by atoms with van der Waals surface area (Å²) >= 11 is 3.23. The number of Topliss-reactive ketones (excluding diaryl/α,β-unsaturated/α-hetero) is 1. The van der Waals surface area contributed by atoms with Crippen LogP contribution in [0, 0.1) is 6.92 Å². The summed E-state index contributed by atoms with van der Waals surface area (Å²) in [6, 6.07) is 8.16. The Balaban J connectivity index is 2.31. The quantitative estimate of drug-likeness (QED) is 0.360. The molecular formula is C22H22BrF3N2O4. The van der Waals surface area contributed by atoms with Crippen molar-refractivity contribution < 1.29 is 32.3 Å². The SMILES string of the molecule is Cc1cc(NC(=O)OC(C)(C)C)c(NC(=O)CC(=O)c2cccc(Br)c2)cc1C(F)(F)F. The van der Waals surface area contributed by atoms with Crippen molar-refractivity contribution in [2.75, 3.05) is 10.6 Å². The summed E-state index contributed by atoms with van der Waals surface area (Å²) < 4.78 is 45.9. The molecule has 0 unspecified atom stereocenters. The lowest BCUT2D eigenvalue weighted by Gasteiger charge is -2.21. The standard InChI is InChI=1S/C22H22BrF3N2O4/c1-12-8-16(28-20(31)32-21(2,3)4)17(10-15(12)22(24,25)26)27-19(30)11-18(29)13-6-5-7-14(23)9-13/h5-10H,11H2,1-4H3,(H,27,30)(H,28,31). The summed E-state index contributed by atoms with van der Waals surface area (Å²) in [6.45, 7) is 6.11. The van der Waals surface area contributed by atoms with Gasteiger partial charge in [0.15, 0.2) is 5.78 Å². The number of halogens is 4. The molecule has 0 radical (unpaired) electrons. The van der Waals surface area contributed by atoms with E-state index in [0.717, 1.165) is 6.07 Å². The molecular weight excluding hydrogens is 493 g/mol. The Morgan fingerprint density at radius 3 is 2.19 bits per heavy atom. The molecule has 172 valence electrons. The molecule has 0 spiro atoms. The predicted octanol–water partition coefficient (Wildman–Crippen LogP) is 6.33. The third kappa shape index (κ3) is 7.37. The first kappa shape index (κ1) is 25.4. The molecule has 6 nitrogen and oxygen atoms in total. The molecule has 32 heavy (non-hydrogen) atoms. The molecule has 10 heteroatoms. The minimum Gasteiger partial charge on any atom is -0.444 e. The summed E-state index contributed by atoms with van der Waals surface area (Å²) in [5, 5.41) is 4.64. The van der Waals surface area contributed by atoms with Gasteiger partial charge in [0.1, 0.15) is 5.60 Å². The molecule has 2 aromatic carbocycles. The summed E-state index contributed by atoms with van der Waals surface area (Å²) in [4.78, 5) is 36.9. The second-order valence-electron chi connectivity index (χ2n) is 8.00. The van der Waals surface area contributed by atoms with E-state index in [1.165, 1.54) is 19.1 Å². The van der Waals surface area contributed by atoms with E-state index in [4.69, 9.17) is 4.74 Å². The summed E-state index contributed by atoms with van der Waals surface area (Å²) in [7, 11) is 0. The van der Waals surface area contributed by atoms with Gasteiger partial charge < -0.3 is 10.1 Å². The minimum atomic E-state index is -4.68. The molecule has 2 N–H and O–H groups in total. The Kier molecular flexibility index (Phi) is 7.71. The van der Waals surface area contributed by atoms with E-state index >= 15 is 0 Å². The summed E-state index contributed by atoms with van der Waals surface area (Å²) in [6.07, 6.45) is -6.19. The molecule has 0 heterocycles. The van der Waals surface area contributed by atoms with Crippen LogP contribution in [0.1, 0.15) is 48.7 Å². The molecule has 0 aliphatic carbocycles. The van der Waals surface area contributed by atoms with Crippen LogP contribution >= 0.6 is 15.9 Å². The highest BCUT2D eigenvalue weighted by atomic mass is 79.9. The number of alkyl halides is 3. The largest absolute Gasteiger partial charge is 0.444 e. The Bertz CT molecular complexity index is 1050. The first-order valence-electron chi connectivity index (χ1n) is 9.46. The van der Waals surface area contributed by atoms with E-state index in [1.54, 1.807) is 32.9 Å². The first-order valence-corrected chi connectivity index (χ1v) is 10.3. The zero-order chi connectivity index (χ0) is 24.3. The number of rotatable bonds is 5. The zero-order valence-corrected chi connectivity index (χ0v) is 19.4. The average Bonchev–Trinajstić information content (AvgIpc) is 2.61. The molecule has 2 amide bonds. The third-order valence-corrected chi connectivity index (χ3v) is 4.54. The van der Waals surface area contributed by atoms with Crippen molar-refractivity contribution in [1.29, 1.82) is 0 Å². The fraction of sp³-hybridized carbons (Fsp3) is 0.318. The molecule has 0 fully saturated rings. The maximum atomic E-state index is 13.4. The number of ketones is 1. The van der Waals surface area contributed by atoms with E-state index in [2.05, 4.69) is 26.6 Å². The lowest BCUT2D eigenvalue weighted by Crippen LogP contribution is -2.28. The summed E-state index contributed by atoms with van der Waals surface area (Å²) in [5.41, 5.74) is -2.12. The highest BCUT2D eigenvalue weighted by Crippen LogP contribution is 2.37. The number of nitrogens with one attached hydrogen (secondary N) is 2. The Morgan fingerprint density at radius 2 is 1.62 bits per heavy atom. The number of hydrogen-bond acceptors (Lipinski definition) is 4. The second-order valence-corrected chi connectivity index (χ2v) is 8.91. The monoisotopic (exact) mass is 514 g/mol. The van der Waals surface area contributed by atoms with Crippen molar-refractivity contribution in [2.45, 2.75) is 45.9 Å². The molecule has 0 aliphatic rings. The van der Waals surface area contributed by atoms with Gasteiger partial charge in [-0.1, -0.05) is 28.1 Å². The van der Waals surface area contributed by atoms with Crippen LogP contribution in [-0.2, 0) is 15.7 Å². The lowest BCUT2D eigenvalue weighted by atomic mass is 10.0. The van der Waals surface area contributed by atoms with Crippen LogP contribution in [0.4, 0.5) is 29.3 Å². The molecule has 0 saturated heterocycles. The van der Waals surface area contributed by atoms with Gasteiger partial charge >= 0.3 is 12.3 Å². The topological polar surface area (TPSA) is 84.5 Å². The highest BCUT2D eigenvalue weighted by molar-refractivity contribution is 9.10. The molecule has 2 aromatic rings. The third-order valence-electron chi connectivity index (χ3n) is 4.05. The van der Waals surface area contributed by atoms with Gasteiger partial charge in [-0.2, -0.15) is 13.2 Å². The zero-order valence-electron chi connectivity index (χ0n) is 17.8. The number of carbonyl (C=O) groups is 3. The summed E-state index contributed by atoms with van der Waals surface area (Å²) in [5.74, 6) is -1.35. The van der Waals surface area contributed by atoms with Crippen molar-refractivity contribution in [3.05, 3.63) is 57.6 Å². The van der Waals surface area contributed by atoms with E-state index in [-0.39, 0.29) is 22.5 Å². The van der Waals surface area contributed by atoms with Gasteiger partial charge in [-0.3, -0.25) is 14.9 Å². The van der Waals surface area contributed by atoms with Crippen LogP contribution in [0.15, 0.2) is 40.9 Å². The van der Waals surface area contributed by atoms with Gasteiger partial charge in [0.2, 0.25) is 5.91 Å². The van der Waals surface area contributed by atoms with Crippen LogP contribution in [0.2, 0.25) is 0 Å². The van der Waals surface area contributed by atoms with Gasteiger partial charge in [-0.05, 0) is 57.5 Å². The molecule has 0 atom stereocenters. The average molecular weight is 515 g/mol. The van der Waals surface area contributed by atoms with Crippen LogP contribution in [0.3, 0.4) is 0 Å². The van der Waals surface area contributed by atoms with Gasteiger partial charge in [-0.25, -0.2) is 4.79 Å². The number of ether oxygens (including phenoxy) is 1. The van der Waals surface area contributed by atoms with E-state index in [0.29, 0.717) is 10.5 Å². The van der Waals surface area contributed by atoms with E-state index in [1.807, 2.05) is 0 Å². The van der Waals surface area contributed by atoms with Crippen LogP contribution in [0.5, 0.6) is 0 Å².